The molecule has 0 amide bonds. The third kappa shape index (κ3) is 2.16. The van der Waals surface area contributed by atoms with Crippen LogP contribution in [0.1, 0.15) is 41.8 Å². The van der Waals surface area contributed by atoms with Crippen LogP contribution in [0.2, 0.25) is 0 Å². The first-order valence-corrected chi connectivity index (χ1v) is 8.37. The number of likely N-dealkylation sites (tertiary alicyclic amines) is 1. The van der Waals surface area contributed by atoms with E-state index in [1.165, 1.54) is 40.1 Å². The fourth-order valence-electron chi connectivity index (χ4n) is 3.34. The molecule has 1 saturated heterocycles. The first-order valence-electron chi connectivity index (χ1n) is 7.55. The summed E-state index contributed by atoms with van der Waals surface area (Å²) in [5.74, 6) is 1.39. The lowest BCUT2D eigenvalue weighted by Crippen LogP contribution is -2.20. The molecule has 2 aliphatic rings. The molecule has 1 aromatic carbocycles. The summed E-state index contributed by atoms with van der Waals surface area (Å²) in [5.41, 5.74) is 8.43. The van der Waals surface area contributed by atoms with Crippen LogP contribution >= 0.6 is 11.3 Å². The predicted molar refractivity (Wildman–Crippen MR) is 84.1 cm³/mol. The van der Waals surface area contributed by atoms with Crippen LogP contribution in [-0.4, -0.2) is 30.0 Å². The Hall–Kier alpha value is -0.970. The van der Waals surface area contributed by atoms with E-state index in [9.17, 15) is 0 Å². The van der Waals surface area contributed by atoms with Gasteiger partial charge in [0.25, 0.3) is 0 Å². The Balaban J connectivity index is 1.66. The zero-order chi connectivity index (χ0) is 13.7. The smallest absolute Gasteiger partial charge is 0.0969 e. The van der Waals surface area contributed by atoms with Gasteiger partial charge in [-0.05, 0) is 56.5 Å². The number of aromatic nitrogens is 1. The van der Waals surface area contributed by atoms with E-state index in [1.807, 2.05) is 11.3 Å². The van der Waals surface area contributed by atoms with Gasteiger partial charge >= 0.3 is 0 Å². The van der Waals surface area contributed by atoms with Crippen LogP contribution in [0.4, 0.5) is 0 Å². The van der Waals surface area contributed by atoms with Gasteiger partial charge in [-0.25, -0.2) is 4.98 Å². The van der Waals surface area contributed by atoms with Crippen molar-refractivity contribution in [2.75, 3.05) is 20.1 Å². The molecular weight excluding hydrogens is 266 g/mol. The molecule has 2 aromatic rings. The maximum atomic E-state index is 5.83. The lowest BCUT2D eigenvalue weighted by molar-refractivity contribution is 0.314. The minimum atomic E-state index is 0.513. The Kier molecular flexibility index (Phi) is 3.05. The first kappa shape index (κ1) is 12.7. The van der Waals surface area contributed by atoms with Gasteiger partial charge in [-0.15, -0.1) is 11.3 Å². The molecule has 3 nitrogen and oxygen atoms in total. The molecule has 106 valence electrons. The Morgan fingerprint density at radius 1 is 1.40 bits per heavy atom. The normalized spacial score (nSPS) is 27.5. The predicted octanol–water partition coefficient (Wildman–Crippen LogP) is 3.13. The van der Waals surface area contributed by atoms with Crippen molar-refractivity contribution in [3.8, 4) is 0 Å². The van der Waals surface area contributed by atoms with Crippen LogP contribution in [0.25, 0.3) is 10.2 Å². The van der Waals surface area contributed by atoms with E-state index in [1.54, 1.807) is 0 Å². The molecule has 1 aliphatic heterocycles. The quantitative estimate of drug-likeness (QED) is 0.943. The fourth-order valence-corrected chi connectivity index (χ4v) is 4.46. The average molecular weight is 287 g/mol. The molecule has 1 aromatic heterocycles. The maximum Gasteiger partial charge on any atom is 0.0969 e. The Labute approximate surface area is 123 Å². The van der Waals surface area contributed by atoms with Crippen molar-refractivity contribution in [3.63, 3.8) is 0 Å². The number of thiazole rings is 1. The minimum Gasteiger partial charge on any atom is -0.330 e. The van der Waals surface area contributed by atoms with Gasteiger partial charge in [-0.3, -0.25) is 4.90 Å². The van der Waals surface area contributed by atoms with Crippen molar-refractivity contribution in [1.29, 1.82) is 0 Å². The first-order chi connectivity index (χ1) is 9.74. The molecule has 0 bridgehead atoms. The monoisotopic (exact) mass is 287 g/mol. The van der Waals surface area contributed by atoms with E-state index in [-0.39, 0.29) is 0 Å². The standard InChI is InChI=1S/C16H21N3S/c1-19-9-10(8-17)6-14(19)12-4-5-15-13(7-12)18-16(20-15)11-2-3-11/h4-5,7,10-11,14H,2-3,6,8-9,17H2,1H3. The molecule has 20 heavy (non-hydrogen) atoms. The highest BCUT2D eigenvalue weighted by Gasteiger charge is 2.30. The molecule has 2 N–H and O–H groups in total. The van der Waals surface area contributed by atoms with E-state index in [2.05, 4.69) is 30.1 Å². The van der Waals surface area contributed by atoms with Crippen molar-refractivity contribution in [2.45, 2.75) is 31.2 Å². The Morgan fingerprint density at radius 2 is 2.25 bits per heavy atom. The molecule has 2 fully saturated rings. The third-order valence-corrected chi connectivity index (χ3v) is 5.91. The summed E-state index contributed by atoms with van der Waals surface area (Å²) in [6.07, 6.45) is 3.84. The van der Waals surface area contributed by atoms with Gasteiger partial charge in [0.15, 0.2) is 0 Å². The highest BCUT2D eigenvalue weighted by Crippen LogP contribution is 2.44. The summed E-state index contributed by atoms with van der Waals surface area (Å²) in [7, 11) is 2.21. The van der Waals surface area contributed by atoms with Gasteiger partial charge in [0.2, 0.25) is 0 Å². The fraction of sp³-hybridized carbons (Fsp3) is 0.562. The molecule has 4 rings (SSSR count). The number of hydrogen-bond acceptors (Lipinski definition) is 4. The largest absolute Gasteiger partial charge is 0.330 e. The van der Waals surface area contributed by atoms with Crippen LogP contribution < -0.4 is 5.73 Å². The van der Waals surface area contributed by atoms with Crippen molar-refractivity contribution >= 4 is 21.6 Å². The van der Waals surface area contributed by atoms with E-state index < -0.39 is 0 Å². The highest BCUT2D eigenvalue weighted by atomic mass is 32.1. The zero-order valence-electron chi connectivity index (χ0n) is 11.9. The van der Waals surface area contributed by atoms with Crippen molar-refractivity contribution in [3.05, 3.63) is 28.8 Å². The molecule has 4 heteroatoms. The molecule has 0 radical (unpaired) electrons. The third-order valence-electron chi connectivity index (χ3n) is 4.71. The van der Waals surface area contributed by atoms with Gasteiger partial charge in [0, 0.05) is 18.5 Å². The van der Waals surface area contributed by atoms with Gasteiger partial charge < -0.3 is 5.73 Å². The zero-order valence-corrected chi connectivity index (χ0v) is 12.7. The van der Waals surface area contributed by atoms with Crippen molar-refractivity contribution < 1.29 is 0 Å². The van der Waals surface area contributed by atoms with E-state index in [4.69, 9.17) is 10.7 Å². The number of rotatable bonds is 3. The summed E-state index contributed by atoms with van der Waals surface area (Å²) in [6, 6.07) is 7.37. The summed E-state index contributed by atoms with van der Waals surface area (Å²) >= 11 is 1.88. The average Bonchev–Trinajstić information content (AvgIpc) is 3.11. The molecule has 0 spiro atoms. The van der Waals surface area contributed by atoms with Gasteiger partial charge in [0.05, 0.1) is 15.2 Å². The number of hydrogen-bond donors (Lipinski definition) is 1. The van der Waals surface area contributed by atoms with E-state index in [0.29, 0.717) is 12.0 Å². The van der Waals surface area contributed by atoms with Gasteiger partial charge in [0.1, 0.15) is 0 Å². The molecule has 1 saturated carbocycles. The van der Waals surface area contributed by atoms with E-state index >= 15 is 0 Å². The summed E-state index contributed by atoms with van der Waals surface area (Å²) in [6.45, 7) is 1.91. The van der Waals surface area contributed by atoms with Gasteiger partial charge in [-0.1, -0.05) is 6.07 Å². The second-order valence-electron chi connectivity index (χ2n) is 6.35. The van der Waals surface area contributed by atoms with Crippen molar-refractivity contribution in [2.24, 2.45) is 11.7 Å². The molecule has 2 heterocycles. The summed E-state index contributed by atoms with van der Waals surface area (Å²) in [5, 5.41) is 1.34. The SMILES string of the molecule is CN1CC(CN)CC1c1ccc2sc(C3CC3)nc2c1. The van der Waals surface area contributed by atoms with Crippen LogP contribution in [0, 0.1) is 5.92 Å². The number of fused-ring (bicyclic) bond motifs is 1. The lowest BCUT2D eigenvalue weighted by Gasteiger charge is -2.19. The lowest BCUT2D eigenvalue weighted by atomic mass is 10.00. The minimum absolute atomic E-state index is 0.513. The summed E-state index contributed by atoms with van der Waals surface area (Å²) in [4.78, 5) is 7.28. The van der Waals surface area contributed by atoms with E-state index in [0.717, 1.165) is 19.0 Å². The molecule has 1 aliphatic carbocycles. The molecule has 2 unspecified atom stereocenters. The van der Waals surface area contributed by atoms with Crippen LogP contribution in [0.5, 0.6) is 0 Å². The summed E-state index contributed by atoms with van der Waals surface area (Å²) < 4.78 is 1.34. The molecular formula is C16H21N3S. The Bertz CT molecular complexity index is 632. The molecule has 2 atom stereocenters. The van der Waals surface area contributed by atoms with Gasteiger partial charge in [-0.2, -0.15) is 0 Å². The van der Waals surface area contributed by atoms with Crippen LogP contribution in [0.3, 0.4) is 0 Å². The van der Waals surface area contributed by atoms with Crippen molar-refractivity contribution in [1.82, 2.24) is 9.88 Å². The number of nitrogens with two attached hydrogens (primary N) is 1. The number of nitrogens with zero attached hydrogens (tertiary/aromatic N) is 2. The maximum absolute atomic E-state index is 5.83. The second kappa shape index (κ2) is 4.79. The topological polar surface area (TPSA) is 42.1 Å². The number of benzene rings is 1. The van der Waals surface area contributed by atoms with Crippen LogP contribution in [-0.2, 0) is 0 Å². The second-order valence-corrected chi connectivity index (χ2v) is 7.41. The Morgan fingerprint density at radius 3 is 2.95 bits per heavy atom. The van der Waals surface area contributed by atoms with Crippen LogP contribution in [0.15, 0.2) is 18.2 Å². The highest BCUT2D eigenvalue weighted by molar-refractivity contribution is 7.18.